The summed E-state index contributed by atoms with van der Waals surface area (Å²) >= 11 is 1.91. The summed E-state index contributed by atoms with van der Waals surface area (Å²) in [7, 11) is 0. The molecule has 7 aromatic rings. The molecule has 4 aromatic carbocycles. The number of para-hydroxylation sites is 2. The van der Waals surface area contributed by atoms with Gasteiger partial charge in [0.1, 0.15) is 11.1 Å². The third kappa shape index (κ3) is 2.34. The molecule has 2 aliphatic rings. The Labute approximate surface area is 209 Å². The van der Waals surface area contributed by atoms with Crippen LogP contribution >= 0.6 is 11.8 Å². The van der Waals surface area contributed by atoms with E-state index in [0.29, 0.717) is 11.3 Å². The first-order valence-electron chi connectivity index (χ1n) is 12.1. The van der Waals surface area contributed by atoms with Crippen molar-refractivity contribution in [2.45, 2.75) is 16.1 Å². The van der Waals surface area contributed by atoms with Crippen molar-refractivity contribution >= 4 is 61.6 Å². The summed E-state index contributed by atoms with van der Waals surface area (Å²) in [5.41, 5.74) is 6.13. The number of oxazole rings is 1. The summed E-state index contributed by atoms with van der Waals surface area (Å²) < 4.78 is 15.1. The minimum atomic E-state index is 0.197. The number of hydrogen-bond donors (Lipinski definition) is 0. The van der Waals surface area contributed by atoms with E-state index in [9.17, 15) is 0 Å². The molecule has 1 aliphatic carbocycles. The van der Waals surface area contributed by atoms with Crippen LogP contribution in [0.15, 0.2) is 105 Å². The first-order valence-corrected chi connectivity index (χ1v) is 13.0. The number of fused-ring (bicyclic) bond motifs is 12. The van der Waals surface area contributed by atoms with Crippen LogP contribution in [-0.4, -0.2) is 14.8 Å². The van der Waals surface area contributed by atoms with Crippen LogP contribution in [0, 0.1) is 0 Å². The molecule has 5 heteroatoms. The fraction of sp³-hybridized carbons (Fsp3) is 0.0645. The summed E-state index contributed by atoms with van der Waals surface area (Å²) in [6.07, 6.45) is 4.35. The highest BCUT2D eigenvalue weighted by Gasteiger charge is 2.39. The van der Waals surface area contributed by atoms with Crippen LogP contribution in [0.2, 0.25) is 0 Å². The number of thioether (sulfide) groups is 1. The van der Waals surface area contributed by atoms with Crippen LogP contribution in [0.3, 0.4) is 0 Å². The van der Waals surface area contributed by atoms with Gasteiger partial charge >= 0.3 is 6.01 Å². The lowest BCUT2D eigenvalue weighted by Gasteiger charge is -2.18. The molecular weight excluding hydrogens is 464 g/mol. The predicted molar refractivity (Wildman–Crippen MR) is 145 cm³/mol. The van der Waals surface area contributed by atoms with Gasteiger partial charge in [-0.15, -0.1) is 11.8 Å². The second kappa shape index (κ2) is 6.71. The number of rotatable bonds is 1. The summed E-state index contributed by atoms with van der Waals surface area (Å²) in [6, 6.07) is 30.2. The van der Waals surface area contributed by atoms with E-state index in [-0.39, 0.29) is 5.92 Å². The molecule has 170 valence electrons. The van der Waals surface area contributed by atoms with Crippen LogP contribution in [0.5, 0.6) is 0 Å². The Bertz CT molecular complexity index is 2060. The maximum atomic E-state index is 6.53. The molecule has 2 atom stereocenters. The van der Waals surface area contributed by atoms with E-state index in [0.717, 1.165) is 55.2 Å². The van der Waals surface area contributed by atoms with E-state index >= 15 is 0 Å². The van der Waals surface area contributed by atoms with Crippen molar-refractivity contribution in [1.82, 2.24) is 9.55 Å². The first-order chi connectivity index (χ1) is 17.8. The monoisotopic (exact) mass is 482 g/mol. The zero-order chi connectivity index (χ0) is 23.4. The summed E-state index contributed by atoms with van der Waals surface area (Å²) in [5, 5.41) is 4.83. The molecule has 9 rings (SSSR count). The molecule has 0 N–H and O–H groups in total. The number of aromatic nitrogens is 2. The molecule has 3 aromatic heterocycles. The van der Waals surface area contributed by atoms with E-state index < -0.39 is 0 Å². The Morgan fingerprint density at radius 1 is 0.750 bits per heavy atom. The Morgan fingerprint density at radius 3 is 2.53 bits per heavy atom. The topological polar surface area (TPSA) is 44.1 Å². The van der Waals surface area contributed by atoms with Crippen LogP contribution in [-0.2, 0) is 0 Å². The smallest absolute Gasteiger partial charge is 0.307 e. The van der Waals surface area contributed by atoms with Gasteiger partial charge in [-0.1, -0.05) is 66.7 Å². The van der Waals surface area contributed by atoms with Gasteiger partial charge in [0.05, 0.1) is 11.2 Å². The van der Waals surface area contributed by atoms with Gasteiger partial charge in [0.25, 0.3) is 0 Å². The molecule has 4 nitrogen and oxygen atoms in total. The van der Waals surface area contributed by atoms with Crippen molar-refractivity contribution in [2.24, 2.45) is 0 Å². The standard InChI is InChI=1S/C31H18N2O2S/c1-4-10-22-17(7-1)19-13-14-20-18-8-2-5-11-23(18)34-30(20)29(19)33(22)31-32-28-24(35-31)15-16-26-27(28)21-9-3-6-12-25(21)36-26/h1-16,26-27H. The van der Waals surface area contributed by atoms with E-state index in [1.165, 1.54) is 10.5 Å². The molecule has 4 heterocycles. The molecule has 0 saturated heterocycles. The van der Waals surface area contributed by atoms with Gasteiger partial charge < -0.3 is 8.83 Å². The largest absolute Gasteiger partial charge is 0.454 e. The van der Waals surface area contributed by atoms with Crippen molar-refractivity contribution < 1.29 is 8.83 Å². The van der Waals surface area contributed by atoms with Crippen LogP contribution < -0.4 is 0 Å². The summed E-state index contributed by atoms with van der Waals surface area (Å²) in [6.45, 7) is 0. The second-order valence-corrected chi connectivity index (χ2v) is 10.7. The van der Waals surface area contributed by atoms with Crippen molar-refractivity contribution in [3.63, 3.8) is 0 Å². The Balaban J connectivity index is 1.37. The summed E-state index contributed by atoms with van der Waals surface area (Å²) in [4.78, 5) is 6.51. The Hall–Kier alpha value is -4.22. The predicted octanol–water partition coefficient (Wildman–Crippen LogP) is 8.30. The Kier molecular flexibility index (Phi) is 3.55. The maximum Gasteiger partial charge on any atom is 0.307 e. The SMILES string of the molecule is C1=CC2Sc3ccccc3C2c2nc(-n3c4ccccc4c4ccc5c6ccccc6oc5c43)oc21. The third-order valence-electron chi connectivity index (χ3n) is 7.62. The minimum Gasteiger partial charge on any atom is -0.454 e. The fourth-order valence-electron chi connectivity index (χ4n) is 6.07. The quantitative estimate of drug-likeness (QED) is 0.236. The van der Waals surface area contributed by atoms with Crippen molar-refractivity contribution in [3.05, 3.63) is 108 Å². The number of hydrogen-bond acceptors (Lipinski definition) is 4. The van der Waals surface area contributed by atoms with Gasteiger partial charge in [-0.3, -0.25) is 4.57 Å². The second-order valence-electron chi connectivity index (χ2n) is 9.49. The van der Waals surface area contributed by atoms with Crippen LogP contribution in [0.25, 0.3) is 55.8 Å². The molecule has 36 heavy (non-hydrogen) atoms. The molecule has 1 aliphatic heterocycles. The molecular formula is C31H18N2O2S. The highest BCUT2D eigenvalue weighted by atomic mass is 32.2. The van der Waals surface area contributed by atoms with Gasteiger partial charge in [-0.25, -0.2) is 0 Å². The van der Waals surface area contributed by atoms with Gasteiger partial charge in [0.2, 0.25) is 0 Å². The minimum absolute atomic E-state index is 0.197. The average molecular weight is 483 g/mol. The molecule has 0 fully saturated rings. The maximum absolute atomic E-state index is 6.53. The molecule has 0 saturated carbocycles. The van der Waals surface area contributed by atoms with Gasteiger partial charge in [-0.2, -0.15) is 4.98 Å². The third-order valence-corrected chi connectivity index (χ3v) is 8.95. The lowest BCUT2D eigenvalue weighted by Crippen LogP contribution is -2.14. The zero-order valence-corrected chi connectivity index (χ0v) is 19.8. The molecule has 2 unspecified atom stereocenters. The van der Waals surface area contributed by atoms with Gasteiger partial charge in [-0.05, 0) is 35.9 Å². The van der Waals surface area contributed by atoms with Crippen molar-refractivity contribution in [2.75, 3.05) is 0 Å². The molecule has 0 bridgehead atoms. The Morgan fingerprint density at radius 2 is 1.56 bits per heavy atom. The first kappa shape index (κ1) is 19.0. The lowest BCUT2D eigenvalue weighted by atomic mass is 9.88. The number of benzene rings is 4. The highest BCUT2D eigenvalue weighted by molar-refractivity contribution is 8.00. The van der Waals surface area contributed by atoms with E-state index in [2.05, 4.69) is 89.5 Å². The molecule has 0 spiro atoms. The van der Waals surface area contributed by atoms with Gasteiger partial charge in [0, 0.05) is 37.6 Å². The normalized spacial score (nSPS) is 18.3. The van der Waals surface area contributed by atoms with Crippen molar-refractivity contribution in [3.8, 4) is 6.01 Å². The lowest BCUT2D eigenvalue weighted by molar-refractivity contribution is 0.523. The van der Waals surface area contributed by atoms with Crippen LogP contribution in [0.4, 0.5) is 0 Å². The number of furan rings is 1. The van der Waals surface area contributed by atoms with Crippen LogP contribution in [0.1, 0.15) is 22.9 Å². The fourth-order valence-corrected chi connectivity index (χ4v) is 7.42. The van der Waals surface area contributed by atoms with E-state index in [4.69, 9.17) is 13.8 Å². The van der Waals surface area contributed by atoms with Crippen molar-refractivity contribution in [1.29, 1.82) is 0 Å². The average Bonchev–Trinajstić information content (AvgIpc) is 3.67. The number of nitrogens with zero attached hydrogens (tertiary/aromatic N) is 2. The van der Waals surface area contributed by atoms with E-state index in [1.807, 2.05) is 23.9 Å². The zero-order valence-electron chi connectivity index (χ0n) is 19.0. The molecule has 0 radical (unpaired) electrons. The van der Waals surface area contributed by atoms with E-state index in [1.54, 1.807) is 0 Å². The molecule has 0 amide bonds. The van der Waals surface area contributed by atoms with Gasteiger partial charge in [0.15, 0.2) is 11.3 Å². The highest BCUT2D eigenvalue weighted by Crippen LogP contribution is 2.52. The summed E-state index contributed by atoms with van der Waals surface area (Å²) in [5.74, 6) is 1.04.